The van der Waals surface area contributed by atoms with Gasteiger partial charge >= 0.3 is 0 Å². The molecular weight excluding hydrogens is 264 g/mol. The Bertz CT molecular complexity index is 854. The number of benzene rings is 2. The first-order chi connectivity index (χ1) is 10.2. The lowest BCUT2D eigenvalue weighted by molar-refractivity contribution is -0.0418. The molecule has 104 valence electrons. The van der Waals surface area contributed by atoms with Crippen LogP contribution in [0.15, 0.2) is 48.7 Å². The van der Waals surface area contributed by atoms with Crippen LogP contribution in [0.2, 0.25) is 0 Å². The van der Waals surface area contributed by atoms with Gasteiger partial charge in [0, 0.05) is 33.8 Å². The van der Waals surface area contributed by atoms with Crippen molar-refractivity contribution in [3.8, 4) is 11.8 Å². The third kappa shape index (κ3) is 2.48. The molecule has 4 nitrogen and oxygen atoms in total. The normalized spacial score (nSPS) is 10.6. The summed E-state index contributed by atoms with van der Waals surface area (Å²) in [5.41, 5.74) is 8.96. The molecule has 1 heterocycles. The number of rotatable bonds is 1. The molecule has 3 rings (SSSR count). The average Bonchev–Trinajstić information content (AvgIpc) is 2.95. The number of hydrogen-bond donors (Lipinski definition) is 4. The van der Waals surface area contributed by atoms with Crippen molar-refractivity contribution >= 4 is 16.6 Å². The van der Waals surface area contributed by atoms with E-state index < -0.39 is 6.29 Å². The molecule has 4 heteroatoms. The lowest BCUT2D eigenvalue weighted by Gasteiger charge is -2.08. The largest absolute Gasteiger partial charge is 0.397 e. The number of aliphatic hydroxyl groups excluding tert-OH is 1. The Balaban J connectivity index is 2.06. The predicted octanol–water partition coefficient (Wildman–Crippen LogP) is 2.13. The molecule has 21 heavy (non-hydrogen) atoms. The fraction of sp³-hybridized carbons (Fsp3) is 0.0588. The van der Waals surface area contributed by atoms with E-state index in [1.807, 2.05) is 30.5 Å². The quantitative estimate of drug-likeness (QED) is 0.313. The summed E-state index contributed by atoms with van der Waals surface area (Å²) >= 11 is 0. The number of fused-ring (bicyclic) bond motifs is 1. The number of hydrogen-bond acceptors (Lipinski definition) is 3. The molecule has 0 fully saturated rings. The van der Waals surface area contributed by atoms with Gasteiger partial charge in [0.1, 0.15) is 0 Å². The Hall–Kier alpha value is -2.74. The molecule has 1 aromatic heterocycles. The highest BCUT2D eigenvalue weighted by Gasteiger charge is 2.09. The van der Waals surface area contributed by atoms with Crippen LogP contribution < -0.4 is 5.73 Å². The van der Waals surface area contributed by atoms with Gasteiger partial charge in [-0.25, -0.2) is 0 Å². The first-order valence-corrected chi connectivity index (χ1v) is 6.49. The molecule has 0 radical (unpaired) electrons. The van der Waals surface area contributed by atoms with Crippen LogP contribution in [0.1, 0.15) is 23.0 Å². The molecule has 0 saturated carbocycles. The van der Waals surface area contributed by atoms with Crippen molar-refractivity contribution < 1.29 is 10.2 Å². The Kier molecular flexibility index (Phi) is 3.36. The number of anilines is 1. The van der Waals surface area contributed by atoms with Crippen LogP contribution in [0.5, 0.6) is 0 Å². The summed E-state index contributed by atoms with van der Waals surface area (Å²) in [6.07, 6.45) is 0.271. The van der Waals surface area contributed by atoms with Gasteiger partial charge in [0.2, 0.25) is 0 Å². The van der Waals surface area contributed by atoms with E-state index >= 15 is 0 Å². The molecule has 0 aliphatic rings. The zero-order chi connectivity index (χ0) is 14.8. The second-order valence-electron chi connectivity index (χ2n) is 4.68. The summed E-state index contributed by atoms with van der Waals surface area (Å²) in [6.45, 7) is 0. The maximum absolute atomic E-state index is 9.25. The standard InChI is InChI=1S/C17H14N2O2/c18-16-12(4-1-5-14(16)17(20)21)8-7-11-3-2-6-15-13(11)9-10-19-15/h1-6,9-10,17,19-21H,18H2. The monoisotopic (exact) mass is 278 g/mol. The third-order valence-corrected chi connectivity index (χ3v) is 3.34. The fourth-order valence-electron chi connectivity index (χ4n) is 2.25. The number of aromatic nitrogens is 1. The van der Waals surface area contributed by atoms with Crippen molar-refractivity contribution in [2.75, 3.05) is 5.73 Å². The minimum Gasteiger partial charge on any atom is -0.397 e. The third-order valence-electron chi connectivity index (χ3n) is 3.34. The highest BCUT2D eigenvalue weighted by Crippen LogP contribution is 2.22. The van der Waals surface area contributed by atoms with Crippen molar-refractivity contribution in [3.05, 3.63) is 65.4 Å². The number of nitrogen functional groups attached to an aromatic ring is 1. The topological polar surface area (TPSA) is 82.3 Å². The maximum Gasteiger partial charge on any atom is 0.180 e. The Morgan fingerprint density at radius 3 is 2.48 bits per heavy atom. The van der Waals surface area contributed by atoms with Gasteiger partial charge in [0.05, 0.1) is 5.69 Å². The van der Waals surface area contributed by atoms with Gasteiger partial charge in [-0.3, -0.25) is 0 Å². The maximum atomic E-state index is 9.25. The zero-order valence-corrected chi connectivity index (χ0v) is 11.2. The summed E-state index contributed by atoms with van der Waals surface area (Å²) in [7, 11) is 0. The summed E-state index contributed by atoms with van der Waals surface area (Å²) in [5, 5.41) is 19.5. The van der Waals surface area contributed by atoms with Gasteiger partial charge in [0.25, 0.3) is 0 Å². The van der Waals surface area contributed by atoms with E-state index in [-0.39, 0.29) is 5.56 Å². The van der Waals surface area contributed by atoms with Gasteiger partial charge in [0.15, 0.2) is 6.29 Å². The minimum atomic E-state index is -1.60. The molecule has 0 spiro atoms. The molecule has 2 aromatic carbocycles. The molecule has 0 unspecified atom stereocenters. The number of H-pyrrole nitrogens is 1. The smallest absolute Gasteiger partial charge is 0.180 e. The first-order valence-electron chi connectivity index (χ1n) is 6.49. The van der Waals surface area contributed by atoms with Crippen LogP contribution in [0.25, 0.3) is 10.9 Å². The summed E-state index contributed by atoms with van der Waals surface area (Å²) in [4.78, 5) is 3.13. The molecule has 0 bridgehead atoms. The number of nitrogens with two attached hydrogens (primary N) is 1. The average molecular weight is 278 g/mol. The van der Waals surface area contributed by atoms with Crippen LogP contribution in [0.3, 0.4) is 0 Å². The van der Waals surface area contributed by atoms with Crippen molar-refractivity contribution in [3.63, 3.8) is 0 Å². The van der Waals surface area contributed by atoms with Crippen LogP contribution in [0, 0.1) is 11.8 Å². The van der Waals surface area contributed by atoms with Gasteiger partial charge in [-0.1, -0.05) is 30.0 Å². The second-order valence-corrected chi connectivity index (χ2v) is 4.68. The Morgan fingerprint density at radius 2 is 1.67 bits per heavy atom. The van der Waals surface area contributed by atoms with Crippen molar-refractivity contribution in [2.24, 2.45) is 0 Å². The predicted molar refractivity (Wildman–Crippen MR) is 82.3 cm³/mol. The van der Waals surface area contributed by atoms with E-state index in [2.05, 4.69) is 16.8 Å². The molecule has 0 saturated heterocycles. The number of nitrogens with one attached hydrogen (secondary N) is 1. The minimum absolute atomic E-state index is 0.265. The van der Waals surface area contributed by atoms with E-state index in [1.165, 1.54) is 0 Å². The van der Waals surface area contributed by atoms with Crippen LogP contribution in [0.4, 0.5) is 5.69 Å². The fourth-order valence-corrected chi connectivity index (χ4v) is 2.25. The number of para-hydroxylation sites is 1. The Labute approximate surface area is 121 Å². The van der Waals surface area contributed by atoms with E-state index in [9.17, 15) is 10.2 Å². The van der Waals surface area contributed by atoms with E-state index in [1.54, 1.807) is 18.2 Å². The number of aromatic amines is 1. The highest BCUT2D eigenvalue weighted by molar-refractivity contribution is 5.86. The van der Waals surface area contributed by atoms with Gasteiger partial charge in [-0.15, -0.1) is 0 Å². The van der Waals surface area contributed by atoms with E-state index in [0.29, 0.717) is 11.3 Å². The lowest BCUT2D eigenvalue weighted by atomic mass is 10.1. The molecule has 0 atom stereocenters. The molecule has 5 N–H and O–H groups in total. The van der Waals surface area contributed by atoms with Crippen LogP contribution in [-0.4, -0.2) is 15.2 Å². The van der Waals surface area contributed by atoms with Gasteiger partial charge in [-0.05, 0) is 24.3 Å². The van der Waals surface area contributed by atoms with Gasteiger partial charge < -0.3 is 20.9 Å². The van der Waals surface area contributed by atoms with Crippen molar-refractivity contribution in [1.82, 2.24) is 4.98 Å². The molecular formula is C17H14N2O2. The molecule has 0 aliphatic heterocycles. The van der Waals surface area contributed by atoms with Gasteiger partial charge in [-0.2, -0.15) is 0 Å². The SMILES string of the molecule is Nc1c(C#Cc2cccc3[nH]ccc23)cccc1C(O)O. The second kappa shape index (κ2) is 5.33. The lowest BCUT2D eigenvalue weighted by Crippen LogP contribution is -2.02. The number of aliphatic hydroxyl groups is 2. The highest BCUT2D eigenvalue weighted by atomic mass is 16.5. The molecule has 0 amide bonds. The summed E-state index contributed by atoms with van der Waals surface area (Å²) in [5.74, 6) is 6.08. The van der Waals surface area contributed by atoms with Crippen molar-refractivity contribution in [1.29, 1.82) is 0 Å². The zero-order valence-electron chi connectivity index (χ0n) is 11.2. The van der Waals surface area contributed by atoms with E-state index in [4.69, 9.17) is 5.73 Å². The summed E-state index contributed by atoms with van der Waals surface area (Å²) < 4.78 is 0. The Morgan fingerprint density at radius 1 is 0.952 bits per heavy atom. The summed E-state index contributed by atoms with van der Waals surface area (Å²) in [6, 6.07) is 12.8. The molecule has 3 aromatic rings. The van der Waals surface area contributed by atoms with E-state index in [0.717, 1.165) is 16.5 Å². The van der Waals surface area contributed by atoms with Crippen LogP contribution in [-0.2, 0) is 0 Å². The van der Waals surface area contributed by atoms with Crippen LogP contribution >= 0.6 is 0 Å². The van der Waals surface area contributed by atoms with Crippen molar-refractivity contribution in [2.45, 2.75) is 6.29 Å². The first kappa shape index (κ1) is 13.3. The molecule has 0 aliphatic carbocycles.